The SMILES string of the molecule is Cc1cccc(-c2nnc(CCCNCC(C)C)s2)c1Br. The number of benzene rings is 1. The largest absolute Gasteiger partial charge is 0.316 e. The Hall–Kier alpha value is -0.780. The molecule has 1 heterocycles. The van der Waals surface area contributed by atoms with Gasteiger partial charge >= 0.3 is 0 Å². The van der Waals surface area contributed by atoms with Gasteiger partial charge in [0.05, 0.1) is 0 Å². The standard InChI is InChI=1S/C16H22BrN3S/c1-11(2)10-18-9-5-8-14-19-20-16(21-14)13-7-4-6-12(3)15(13)17/h4,6-7,11,18H,5,8-10H2,1-3H3. The van der Waals surface area contributed by atoms with Crippen LogP contribution >= 0.6 is 27.3 Å². The van der Waals surface area contributed by atoms with E-state index in [4.69, 9.17) is 0 Å². The average molecular weight is 368 g/mol. The molecule has 1 aromatic heterocycles. The van der Waals surface area contributed by atoms with E-state index in [1.807, 2.05) is 0 Å². The van der Waals surface area contributed by atoms with E-state index in [2.05, 4.69) is 70.4 Å². The van der Waals surface area contributed by atoms with E-state index in [9.17, 15) is 0 Å². The topological polar surface area (TPSA) is 37.8 Å². The summed E-state index contributed by atoms with van der Waals surface area (Å²) in [7, 11) is 0. The van der Waals surface area contributed by atoms with Crippen molar-refractivity contribution in [2.75, 3.05) is 13.1 Å². The Morgan fingerprint density at radius 3 is 2.86 bits per heavy atom. The maximum Gasteiger partial charge on any atom is 0.148 e. The minimum Gasteiger partial charge on any atom is -0.316 e. The third-order valence-electron chi connectivity index (χ3n) is 3.19. The Morgan fingerprint density at radius 1 is 1.29 bits per heavy atom. The van der Waals surface area contributed by atoms with Crippen molar-refractivity contribution in [3.05, 3.63) is 33.2 Å². The lowest BCUT2D eigenvalue weighted by Crippen LogP contribution is -2.21. The van der Waals surface area contributed by atoms with E-state index in [1.165, 1.54) is 5.56 Å². The second-order valence-electron chi connectivity index (χ2n) is 5.64. The summed E-state index contributed by atoms with van der Waals surface area (Å²) in [5.41, 5.74) is 2.36. The first-order valence-electron chi connectivity index (χ1n) is 7.36. The summed E-state index contributed by atoms with van der Waals surface area (Å²) in [6.45, 7) is 8.67. The highest BCUT2D eigenvalue weighted by molar-refractivity contribution is 9.10. The first kappa shape index (κ1) is 16.6. The molecule has 0 atom stereocenters. The fourth-order valence-electron chi connectivity index (χ4n) is 2.03. The number of nitrogens with one attached hydrogen (secondary N) is 1. The van der Waals surface area contributed by atoms with Crippen LogP contribution in [-0.2, 0) is 6.42 Å². The summed E-state index contributed by atoms with van der Waals surface area (Å²) < 4.78 is 1.12. The monoisotopic (exact) mass is 367 g/mol. The van der Waals surface area contributed by atoms with Gasteiger partial charge < -0.3 is 5.32 Å². The molecule has 0 spiro atoms. The maximum atomic E-state index is 4.33. The van der Waals surface area contributed by atoms with Crippen LogP contribution in [0.1, 0.15) is 30.8 Å². The smallest absolute Gasteiger partial charge is 0.148 e. The predicted molar refractivity (Wildman–Crippen MR) is 93.8 cm³/mol. The molecule has 1 aromatic carbocycles. The van der Waals surface area contributed by atoms with Crippen LogP contribution in [0.2, 0.25) is 0 Å². The molecule has 2 rings (SSSR count). The molecule has 0 amide bonds. The van der Waals surface area contributed by atoms with Gasteiger partial charge in [-0.2, -0.15) is 0 Å². The number of hydrogen-bond acceptors (Lipinski definition) is 4. The predicted octanol–water partition coefficient (Wildman–Crippen LogP) is 4.45. The van der Waals surface area contributed by atoms with Crippen LogP contribution in [-0.4, -0.2) is 23.3 Å². The van der Waals surface area contributed by atoms with E-state index in [0.717, 1.165) is 46.0 Å². The lowest BCUT2D eigenvalue weighted by molar-refractivity contribution is 0.542. The Balaban J connectivity index is 1.91. The normalized spacial score (nSPS) is 11.3. The summed E-state index contributed by atoms with van der Waals surface area (Å²) in [4.78, 5) is 0. The van der Waals surface area contributed by atoms with E-state index in [1.54, 1.807) is 11.3 Å². The lowest BCUT2D eigenvalue weighted by atomic mass is 10.1. The number of aryl methyl sites for hydroxylation is 2. The number of nitrogens with zero attached hydrogens (tertiary/aromatic N) is 2. The third-order valence-corrected chi connectivity index (χ3v) is 5.25. The average Bonchev–Trinajstić information content (AvgIpc) is 2.90. The van der Waals surface area contributed by atoms with Gasteiger partial charge in [-0.3, -0.25) is 0 Å². The molecule has 114 valence electrons. The van der Waals surface area contributed by atoms with Crippen LogP contribution in [0.4, 0.5) is 0 Å². The van der Waals surface area contributed by atoms with E-state index in [0.29, 0.717) is 5.92 Å². The second kappa shape index (κ2) is 8.01. The molecule has 3 nitrogen and oxygen atoms in total. The van der Waals surface area contributed by atoms with Gasteiger partial charge in [0.2, 0.25) is 0 Å². The zero-order valence-corrected chi connectivity index (χ0v) is 15.2. The maximum absolute atomic E-state index is 4.33. The molecule has 0 aliphatic carbocycles. The van der Waals surface area contributed by atoms with Gasteiger partial charge in [-0.05, 0) is 53.8 Å². The van der Waals surface area contributed by atoms with Crippen molar-refractivity contribution in [3.8, 4) is 10.6 Å². The molecule has 0 saturated heterocycles. The molecule has 0 fully saturated rings. The van der Waals surface area contributed by atoms with Crippen molar-refractivity contribution < 1.29 is 0 Å². The summed E-state index contributed by atoms with van der Waals surface area (Å²) in [5.74, 6) is 0.705. The van der Waals surface area contributed by atoms with Gasteiger partial charge in [-0.25, -0.2) is 0 Å². The Kier molecular flexibility index (Phi) is 6.33. The van der Waals surface area contributed by atoms with E-state index >= 15 is 0 Å². The molecule has 0 aliphatic heterocycles. The van der Waals surface area contributed by atoms with Gasteiger partial charge in [0.1, 0.15) is 10.0 Å². The fourth-order valence-corrected chi connectivity index (χ4v) is 3.53. The van der Waals surface area contributed by atoms with Crippen molar-refractivity contribution in [1.29, 1.82) is 0 Å². The summed E-state index contributed by atoms with van der Waals surface area (Å²) in [6.07, 6.45) is 2.10. The minimum absolute atomic E-state index is 0.705. The molecular formula is C16H22BrN3S. The molecule has 0 radical (unpaired) electrons. The molecular weight excluding hydrogens is 346 g/mol. The lowest BCUT2D eigenvalue weighted by Gasteiger charge is -2.05. The van der Waals surface area contributed by atoms with Crippen LogP contribution in [0.5, 0.6) is 0 Å². The van der Waals surface area contributed by atoms with Crippen molar-refractivity contribution in [2.24, 2.45) is 5.92 Å². The van der Waals surface area contributed by atoms with Gasteiger partial charge in [0, 0.05) is 16.5 Å². The van der Waals surface area contributed by atoms with Crippen molar-refractivity contribution in [1.82, 2.24) is 15.5 Å². The highest BCUT2D eigenvalue weighted by Crippen LogP contribution is 2.32. The van der Waals surface area contributed by atoms with Gasteiger partial charge in [-0.15, -0.1) is 10.2 Å². The van der Waals surface area contributed by atoms with Crippen molar-refractivity contribution in [3.63, 3.8) is 0 Å². The summed E-state index contributed by atoms with van der Waals surface area (Å²) in [5, 5.41) is 14.2. The zero-order chi connectivity index (χ0) is 15.2. The minimum atomic E-state index is 0.705. The molecule has 1 N–H and O–H groups in total. The highest BCUT2D eigenvalue weighted by Gasteiger charge is 2.10. The summed E-state index contributed by atoms with van der Waals surface area (Å²) in [6, 6.07) is 6.24. The van der Waals surface area contributed by atoms with Crippen LogP contribution < -0.4 is 5.32 Å². The first-order valence-corrected chi connectivity index (χ1v) is 8.97. The Labute approximate surface area is 139 Å². The van der Waals surface area contributed by atoms with Crippen molar-refractivity contribution in [2.45, 2.75) is 33.6 Å². The molecule has 21 heavy (non-hydrogen) atoms. The Bertz CT molecular complexity index is 581. The summed E-state index contributed by atoms with van der Waals surface area (Å²) >= 11 is 5.33. The number of halogens is 1. The second-order valence-corrected chi connectivity index (χ2v) is 7.49. The molecule has 5 heteroatoms. The Morgan fingerprint density at radius 2 is 2.10 bits per heavy atom. The van der Waals surface area contributed by atoms with Crippen molar-refractivity contribution >= 4 is 27.3 Å². The first-order chi connectivity index (χ1) is 10.1. The molecule has 0 saturated carbocycles. The van der Waals surface area contributed by atoms with E-state index < -0.39 is 0 Å². The number of rotatable bonds is 7. The van der Waals surface area contributed by atoms with Crippen LogP contribution in [0.3, 0.4) is 0 Å². The highest BCUT2D eigenvalue weighted by atomic mass is 79.9. The van der Waals surface area contributed by atoms with Crippen LogP contribution in [0.25, 0.3) is 10.6 Å². The zero-order valence-electron chi connectivity index (χ0n) is 12.8. The number of aromatic nitrogens is 2. The quantitative estimate of drug-likeness (QED) is 0.734. The fraction of sp³-hybridized carbons (Fsp3) is 0.500. The van der Waals surface area contributed by atoms with Crippen LogP contribution in [0, 0.1) is 12.8 Å². The molecule has 0 bridgehead atoms. The number of hydrogen-bond donors (Lipinski definition) is 1. The molecule has 2 aromatic rings. The van der Waals surface area contributed by atoms with Gasteiger partial charge in [0.25, 0.3) is 0 Å². The molecule has 0 aliphatic rings. The van der Waals surface area contributed by atoms with E-state index in [-0.39, 0.29) is 0 Å². The third kappa shape index (κ3) is 4.87. The van der Waals surface area contributed by atoms with Gasteiger partial charge in [-0.1, -0.05) is 43.4 Å². The molecule has 0 unspecified atom stereocenters. The van der Waals surface area contributed by atoms with Gasteiger partial charge in [0.15, 0.2) is 0 Å². The van der Waals surface area contributed by atoms with Crippen LogP contribution in [0.15, 0.2) is 22.7 Å².